The number of hydrogen-bond donors (Lipinski definition) is 1. The maximum atomic E-state index is 12.4. The molecule has 4 rings (SSSR count). The van der Waals surface area contributed by atoms with E-state index in [2.05, 4.69) is 15.0 Å². The Hall–Kier alpha value is -2.67. The number of thiophene rings is 1. The summed E-state index contributed by atoms with van der Waals surface area (Å²) < 4.78 is 6.76. The van der Waals surface area contributed by atoms with Crippen molar-refractivity contribution in [2.45, 2.75) is 6.54 Å². The summed E-state index contributed by atoms with van der Waals surface area (Å²) in [6, 6.07) is 7.43. The van der Waals surface area contributed by atoms with Crippen molar-refractivity contribution in [1.82, 2.24) is 19.5 Å². The van der Waals surface area contributed by atoms with Crippen molar-refractivity contribution in [2.75, 3.05) is 7.11 Å². The molecule has 0 saturated heterocycles. The number of nitrogens with one attached hydrogen (secondary N) is 1. The van der Waals surface area contributed by atoms with Crippen LogP contribution in [-0.4, -0.2) is 26.6 Å². The Labute approximate surface area is 129 Å². The molecule has 110 valence electrons. The summed E-state index contributed by atoms with van der Waals surface area (Å²) in [6.45, 7) is 0.356. The largest absolute Gasteiger partial charge is 0.497 e. The number of fused-ring (bicyclic) bond motifs is 2. The molecule has 7 heteroatoms. The third kappa shape index (κ3) is 2.06. The first-order chi connectivity index (χ1) is 10.7. The maximum absolute atomic E-state index is 12.4. The van der Waals surface area contributed by atoms with Crippen LogP contribution in [0.2, 0.25) is 0 Å². The van der Waals surface area contributed by atoms with E-state index in [1.54, 1.807) is 24.1 Å². The summed E-state index contributed by atoms with van der Waals surface area (Å²) >= 11 is 1.46. The minimum atomic E-state index is -0.0516. The van der Waals surface area contributed by atoms with Crippen LogP contribution in [0, 0.1) is 0 Å². The number of imidazole rings is 1. The fourth-order valence-electron chi connectivity index (χ4n) is 2.41. The molecule has 0 unspecified atom stereocenters. The standard InChI is InChI=1S/C15H12N4O2S/c1-21-9-2-3-11-12(6-9)18-13(17-11)7-19-8-16-14-10(15(19)20)4-5-22-14/h2-6,8H,7H2,1H3,(H,17,18). The smallest absolute Gasteiger partial charge is 0.262 e. The second-order valence-electron chi connectivity index (χ2n) is 4.88. The average molecular weight is 312 g/mol. The monoisotopic (exact) mass is 312 g/mol. The number of H-pyrrole nitrogens is 1. The molecule has 1 aromatic carbocycles. The lowest BCUT2D eigenvalue weighted by Gasteiger charge is -2.02. The Kier molecular flexibility index (Phi) is 2.93. The van der Waals surface area contributed by atoms with Gasteiger partial charge in [-0.2, -0.15) is 0 Å². The van der Waals surface area contributed by atoms with Crippen molar-refractivity contribution < 1.29 is 4.74 Å². The fourth-order valence-corrected chi connectivity index (χ4v) is 3.13. The molecule has 0 aliphatic carbocycles. The van der Waals surface area contributed by atoms with Gasteiger partial charge in [0.2, 0.25) is 0 Å². The summed E-state index contributed by atoms with van der Waals surface area (Å²) in [7, 11) is 1.62. The molecular formula is C15H12N4O2S. The van der Waals surface area contributed by atoms with Crippen LogP contribution >= 0.6 is 11.3 Å². The highest BCUT2D eigenvalue weighted by Gasteiger charge is 2.08. The fraction of sp³-hybridized carbons (Fsp3) is 0.133. The summed E-state index contributed by atoms with van der Waals surface area (Å²) in [6.07, 6.45) is 1.56. The lowest BCUT2D eigenvalue weighted by molar-refractivity contribution is 0.415. The van der Waals surface area contributed by atoms with E-state index in [1.165, 1.54) is 11.3 Å². The van der Waals surface area contributed by atoms with E-state index < -0.39 is 0 Å². The van der Waals surface area contributed by atoms with Gasteiger partial charge in [0, 0.05) is 6.07 Å². The number of ether oxygens (including phenoxy) is 1. The molecular weight excluding hydrogens is 300 g/mol. The first kappa shape index (κ1) is 13.0. The van der Waals surface area contributed by atoms with E-state index in [0.717, 1.165) is 21.6 Å². The van der Waals surface area contributed by atoms with Gasteiger partial charge in [-0.25, -0.2) is 9.97 Å². The number of hydrogen-bond acceptors (Lipinski definition) is 5. The number of aromatic amines is 1. The Morgan fingerprint density at radius 3 is 3.14 bits per heavy atom. The first-order valence-corrected chi connectivity index (χ1v) is 7.58. The third-order valence-electron chi connectivity index (χ3n) is 3.51. The average Bonchev–Trinajstić information content (AvgIpc) is 3.15. The number of aromatic nitrogens is 4. The zero-order chi connectivity index (χ0) is 15.1. The normalized spacial score (nSPS) is 11.3. The molecule has 0 fully saturated rings. The van der Waals surface area contributed by atoms with Gasteiger partial charge in [-0.3, -0.25) is 9.36 Å². The SMILES string of the molecule is COc1ccc2nc(Cn3cnc4sccc4c3=O)[nH]c2c1. The predicted octanol–water partition coefficient (Wildman–Crippen LogP) is 2.39. The van der Waals surface area contributed by atoms with Crippen LogP contribution in [0.25, 0.3) is 21.3 Å². The van der Waals surface area contributed by atoms with E-state index in [-0.39, 0.29) is 5.56 Å². The van der Waals surface area contributed by atoms with Gasteiger partial charge >= 0.3 is 0 Å². The second kappa shape index (κ2) is 4.96. The van der Waals surface area contributed by atoms with E-state index in [9.17, 15) is 4.79 Å². The second-order valence-corrected chi connectivity index (χ2v) is 5.78. The Bertz CT molecular complexity index is 1030. The van der Waals surface area contributed by atoms with Crippen molar-refractivity contribution >= 4 is 32.6 Å². The molecule has 22 heavy (non-hydrogen) atoms. The van der Waals surface area contributed by atoms with Crippen LogP contribution in [0.15, 0.2) is 40.8 Å². The summed E-state index contributed by atoms with van der Waals surface area (Å²) in [5, 5.41) is 2.52. The van der Waals surface area contributed by atoms with E-state index >= 15 is 0 Å². The van der Waals surface area contributed by atoms with Gasteiger partial charge in [0.05, 0.1) is 36.4 Å². The number of rotatable bonds is 3. The molecule has 1 N–H and O–H groups in total. The minimum Gasteiger partial charge on any atom is -0.497 e. The Morgan fingerprint density at radius 1 is 1.36 bits per heavy atom. The van der Waals surface area contributed by atoms with Crippen LogP contribution in [0.4, 0.5) is 0 Å². The van der Waals surface area contributed by atoms with Gasteiger partial charge in [-0.05, 0) is 23.6 Å². The summed E-state index contributed by atoms with van der Waals surface area (Å²) in [5.74, 6) is 1.47. The topological polar surface area (TPSA) is 72.8 Å². The van der Waals surface area contributed by atoms with Crippen LogP contribution in [0.1, 0.15) is 5.82 Å². The molecule has 4 aromatic rings. The number of methoxy groups -OCH3 is 1. The van der Waals surface area contributed by atoms with Gasteiger partial charge in [0.1, 0.15) is 16.4 Å². The van der Waals surface area contributed by atoms with E-state index in [4.69, 9.17) is 4.74 Å². The van der Waals surface area contributed by atoms with Gasteiger partial charge in [0.15, 0.2) is 0 Å². The zero-order valence-corrected chi connectivity index (χ0v) is 12.6. The van der Waals surface area contributed by atoms with Crippen LogP contribution in [0.5, 0.6) is 5.75 Å². The lowest BCUT2D eigenvalue weighted by Crippen LogP contribution is -2.20. The molecule has 0 spiro atoms. The lowest BCUT2D eigenvalue weighted by atomic mass is 10.3. The quantitative estimate of drug-likeness (QED) is 0.630. The van der Waals surface area contributed by atoms with Crippen molar-refractivity contribution in [1.29, 1.82) is 0 Å². The molecule has 0 bridgehead atoms. The molecule has 0 atom stereocenters. The molecule has 0 amide bonds. The third-order valence-corrected chi connectivity index (χ3v) is 4.33. The molecule has 0 radical (unpaired) electrons. The molecule has 0 aliphatic rings. The van der Waals surface area contributed by atoms with Crippen molar-refractivity contribution in [3.63, 3.8) is 0 Å². The molecule has 0 aliphatic heterocycles. The highest BCUT2D eigenvalue weighted by molar-refractivity contribution is 7.16. The maximum Gasteiger partial charge on any atom is 0.262 e. The predicted molar refractivity (Wildman–Crippen MR) is 85.6 cm³/mol. The van der Waals surface area contributed by atoms with E-state index in [0.29, 0.717) is 17.8 Å². The van der Waals surface area contributed by atoms with Crippen molar-refractivity contribution in [2.24, 2.45) is 0 Å². The van der Waals surface area contributed by atoms with Crippen LogP contribution in [0.3, 0.4) is 0 Å². The first-order valence-electron chi connectivity index (χ1n) is 6.70. The van der Waals surface area contributed by atoms with Crippen molar-refractivity contribution in [3.05, 3.63) is 52.2 Å². The zero-order valence-electron chi connectivity index (χ0n) is 11.7. The van der Waals surface area contributed by atoms with E-state index in [1.807, 2.05) is 23.6 Å². The molecule has 6 nitrogen and oxygen atoms in total. The Morgan fingerprint density at radius 2 is 2.27 bits per heavy atom. The molecule has 0 saturated carbocycles. The van der Waals surface area contributed by atoms with Crippen molar-refractivity contribution in [3.8, 4) is 5.75 Å². The van der Waals surface area contributed by atoms with Gasteiger partial charge < -0.3 is 9.72 Å². The summed E-state index contributed by atoms with van der Waals surface area (Å²) in [4.78, 5) is 25.1. The molecule has 3 heterocycles. The summed E-state index contributed by atoms with van der Waals surface area (Å²) in [5.41, 5.74) is 1.67. The Balaban J connectivity index is 1.75. The minimum absolute atomic E-state index is 0.0516. The highest BCUT2D eigenvalue weighted by Crippen LogP contribution is 2.19. The van der Waals surface area contributed by atoms with Crippen LogP contribution < -0.4 is 10.3 Å². The van der Waals surface area contributed by atoms with Gasteiger partial charge in [-0.15, -0.1) is 11.3 Å². The van der Waals surface area contributed by atoms with Gasteiger partial charge in [0.25, 0.3) is 5.56 Å². The van der Waals surface area contributed by atoms with Gasteiger partial charge in [-0.1, -0.05) is 0 Å². The molecule has 3 aromatic heterocycles. The number of benzene rings is 1. The van der Waals surface area contributed by atoms with Crippen LogP contribution in [-0.2, 0) is 6.54 Å². The number of nitrogens with zero attached hydrogens (tertiary/aromatic N) is 3. The highest BCUT2D eigenvalue weighted by atomic mass is 32.1.